The van der Waals surface area contributed by atoms with Gasteiger partial charge in [0.25, 0.3) is 0 Å². The van der Waals surface area contributed by atoms with Gasteiger partial charge < -0.3 is 14.8 Å². The van der Waals surface area contributed by atoms with Gasteiger partial charge in [-0.1, -0.05) is 13.3 Å². The Morgan fingerprint density at radius 1 is 1.12 bits per heavy atom. The lowest BCUT2D eigenvalue weighted by Gasteiger charge is -2.06. The molecule has 0 spiro atoms. The van der Waals surface area contributed by atoms with Crippen molar-refractivity contribution in [2.75, 3.05) is 26.4 Å². The van der Waals surface area contributed by atoms with E-state index in [0.717, 1.165) is 19.4 Å². The first kappa shape index (κ1) is 15.9. The number of rotatable bonds is 10. The molecule has 0 heterocycles. The lowest BCUT2D eigenvalue weighted by molar-refractivity contribution is -0.144. The second-order valence-electron chi connectivity index (χ2n) is 3.62. The van der Waals surface area contributed by atoms with Gasteiger partial charge in [-0.15, -0.1) is 0 Å². The van der Waals surface area contributed by atoms with Crippen LogP contribution in [0.1, 0.15) is 39.5 Å². The normalized spacial score (nSPS) is 10.0. The SMILES string of the molecule is CCCCOCCNC(=O)CCC(=O)OCC. The monoisotopic (exact) mass is 245 g/mol. The van der Waals surface area contributed by atoms with Crippen LogP contribution in [0.2, 0.25) is 0 Å². The molecule has 0 radical (unpaired) electrons. The van der Waals surface area contributed by atoms with Crippen LogP contribution >= 0.6 is 0 Å². The van der Waals surface area contributed by atoms with Crippen LogP contribution in [0.5, 0.6) is 0 Å². The fraction of sp³-hybridized carbons (Fsp3) is 0.833. The minimum absolute atomic E-state index is 0.135. The predicted octanol–water partition coefficient (Wildman–Crippen LogP) is 1.26. The highest BCUT2D eigenvalue weighted by molar-refractivity contribution is 5.81. The number of hydrogen-bond acceptors (Lipinski definition) is 4. The van der Waals surface area contributed by atoms with Crippen LogP contribution in [0.15, 0.2) is 0 Å². The smallest absolute Gasteiger partial charge is 0.306 e. The van der Waals surface area contributed by atoms with E-state index >= 15 is 0 Å². The molecule has 0 rings (SSSR count). The van der Waals surface area contributed by atoms with Crippen molar-refractivity contribution in [3.05, 3.63) is 0 Å². The van der Waals surface area contributed by atoms with Crippen LogP contribution in [0.25, 0.3) is 0 Å². The molecule has 0 aromatic carbocycles. The molecule has 0 aromatic heterocycles. The number of amides is 1. The second-order valence-corrected chi connectivity index (χ2v) is 3.62. The van der Waals surface area contributed by atoms with Crippen LogP contribution in [-0.2, 0) is 19.1 Å². The van der Waals surface area contributed by atoms with Crippen LogP contribution in [0.3, 0.4) is 0 Å². The highest BCUT2D eigenvalue weighted by Crippen LogP contribution is 1.93. The number of esters is 1. The summed E-state index contributed by atoms with van der Waals surface area (Å²) in [5.74, 6) is -0.473. The summed E-state index contributed by atoms with van der Waals surface area (Å²) in [7, 11) is 0. The van der Waals surface area contributed by atoms with Gasteiger partial charge in [-0.05, 0) is 13.3 Å². The van der Waals surface area contributed by atoms with Gasteiger partial charge in [0.15, 0.2) is 0 Å². The molecule has 0 aliphatic carbocycles. The van der Waals surface area contributed by atoms with Crippen molar-refractivity contribution in [3.8, 4) is 0 Å². The van der Waals surface area contributed by atoms with Crippen molar-refractivity contribution < 1.29 is 19.1 Å². The van der Waals surface area contributed by atoms with E-state index in [0.29, 0.717) is 19.8 Å². The standard InChI is InChI=1S/C12H23NO4/c1-3-5-9-16-10-8-13-11(14)6-7-12(15)17-4-2/h3-10H2,1-2H3,(H,13,14). The Balaban J connectivity index is 3.31. The Bertz CT molecular complexity index is 219. The number of hydrogen-bond donors (Lipinski definition) is 1. The van der Waals surface area contributed by atoms with Crippen LogP contribution in [0, 0.1) is 0 Å². The number of ether oxygens (including phenoxy) is 2. The van der Waals surface area contributed by atoms with Gasteiger partial charge in [0.1, 0.15) is 0 Å². The van der Waals surface area contributed by atoms with E-state index in [4.69, 9.17) is 9.47 Å². The summed E-state index contributed by atoms with van der Waals surface area (Å²) in [6.07, 6.45) is 2.45. The van der Waals surface area contributed by atoms with Crippen molar-refractivity contribution >= 4 is 11.9 Å². The lowest BCUT2D eigenvalue weighted by Crippen LogP contribution is -2.27. The Morgan fingerprint density at radius 2 is 1.88 bits per heavy atom. The molecule has 0 aliphatic rings. The molecule has 0 bridgehead atoms. The van der Waals surface area contributed by atoms with E-state index in [2.05, 4.69) is 12.2 Å². The maximum absolute atomic E-state index is 11.3. The zero-order valence-electron chi connectivity index (χ0n) is 10.8. The summed E-state index contributed by atoms with van der Waals surface area (Å²) < 4.78 is 10.0. The Hall–Kier alpha value is -1.10. The van der Waals surface area contributed by atoms with Crippen molar-refractivity contribution in [2.24, 2.45) is 0 Å². The maximum Gasteiger partial charge on any atom is 0.306 e. The van der Waals surface area contributed by atoms with Gasteiger partial charge in [-0.25, -0.2) is 0 Å². The van der Waals surface area contributed by atoms with Gasteiger partial charge in [0.2, 0.25) is 5.91 Å². The summed E-state index contributed by atoms with van der Waals surface area (Å²) in [6, 6.07) is 0. The third-order valence-corrected chi connectivity index (χ3v) is 2.07. The number of nitrogens with one attached hydrogen (secondary N) is 1. The van der Waals surface area contributed by atoms with Crippen LogP contribution in [0.4, 0.5) is 0 Å². The molecule has 5 nitrogen and oxygen atoms in total. The largest absolute Gasteiger partial charge is 0.466 e. The highest BCUT2D eigenvalue weighted by atomic mass is 16.5. The summed E-state index contributed by atoms with van der Waals surface area (Å²) >= 11 is 0. The van der Waals surface area contributed by atoms with Gasteiger partial charge in [-0.2, -0.15) is 0 Å². The predicted molar refractivity (Wildman–Crippen MR) is 64.6 cm³/mol. The van der Waals surface area contributed by atoms with Crippen molar-refractivity contribution in [1.29, 1.82) is 0 Å². The number of carbonyl (C=O) groups is 2. The number of unbranched alkanes of at least 4 members (excludes halogenated alkanes) is 1. The maximum atomic E-state index is 11.3. The third-order valence-electron chi connectivity index (χ3n) is 2.07. The molecule has 17 heavy (non-hydrogen) atoms. The minimum Gasteiger partial charge on any atom is -0.466 e. The van der Waals surface area contributed by atoms with Gasteiger partial charge in [0, 0.05) is 19.6 Å². The second kappa shape index (κ2) is 11.4. The summed E-state index contributed by atoms with van der Waals surface area (Å²) in [6.45, 7) is 5.93. The van der Waals surface area contributed by atoms with Gasteiger partial charge in [-0.3, -0.25) is 9.59 Å². The molecule has 0 fully saturated rings. The van der Waals surface area contributed by atoms with Crippen molar-refractivity contribution in [3.63, 3.8) is 0 Å². The fourth-order valence-corrected chi connectivity index (χ4v) is 1.15. The van der Waals surface area contributed by atoms with E-state index in [-0.39, 0.29) is 24.7 Å². The molecule has 0 saturated heterocycles. The average molecular weight is 245 g/mol. The van der Waals surface area contributed by atoms with E-state index in [1.165, 1.54) is 0 Å². The molecule has 100 valence electrons. The summed E-state index contributed by atoms with van der Waals surface area (Å²) in [4.78, 5) is 22.2. The average Bonchev–Trinajstić information content (AvgIpc) is 2.31. The van der Waals surface area contributed by atoms with Crippen molar-refractivity contribution in [1.82, 2.24) is 5.32 Å². The first-order valence-electron chi connectivity index (χ1n) is 6.20. The lowest BCUT2D eigenvalue weighted by atomic mass is 10.3. The summed E-state index contributed by atoms with van der Waals surface area (Å²) in [5.41, 5.74) is 0. The summed E-state index contributed by atoms with van der Waals surface area (Å²) in [5, 5.41) is 2.69. The molecule has 0 aromatic rings. The Kier molecular flexibility index (Phi) is 10.7. The molecule has 5 heteroatoms. The van der Waals surface area contributed by atoms with Gasteiger partial charge >= 0.3 is 5.97 Å². The number of carbonyl (C=O) groups excluding carboxylic acids is 2. The third kappa shape index (κ3) is 11.2. The molecule has 0 atom stereocenters. The quantitative estimate of drug-likeness (QED) is 0.465. The molecule has 1 amide bonds. The van der Waals surface area contributed by atoms with E-state index < -0.39 is 0 Å². The zero-order valence-corrected chi connectivity index (χ0v) is 10.8. The van der Waals surface area contributed by atoms with E-state index in [9.17, 15) is 9.59 Å². The Morgan fingerprint density at radius 3 is 2.53 bits per heavy atom. The van der Waals surface area contributed by atoms with Crippen molar-refractivity contribution in [2.45, 2.75) is 39.5 Å². The zero-order chi connectivity index (χ0) is 12.9. The van der Waals surface area contributed by atoms with E-state index in [1.807, 2.05) is 0 Å². The molecular formula is C12H23NO4. The van der Waals surface area contributed by atoms with Gasteiger partial charge in [0.05, 0.1) is 19.6 Å². The molecule has 0 saturated carbocycles. The van der Waals surface area contributed by atoms with E-state index in [1.54, 1.807) is 6.92 Å². The van der Waals surface area contributed by atoms with Crippen LogP contribution in [-0.4, -0.2) is 38.2 Å². The first-order valence-corrected chi connectivity index (χ1v) is 6.20. The minimum atomic E-state index is -0.332. The Labute approximate surface area is 103 Å². The molecule has 1 N–H and O–H groups in total. The topological polar surface area (TPSA) is 64.6 Å². The molecular weight excluding hydrogens is 222 g/mol. The molecule has 0 unspecified atom stereocenters. The van der Waals surface area contributed by atoms with Crippen LogP contribution < -0.4 is 5.32 Å². The molecule has 0 aliphatic heterocycles. The first-order chi connectivity index (χ1) is 8.20. The fourth-order valence-electron chi connectivity index (χ4n) is 1.15. The highest BCUT2D eigenvalue weighted by Gasteiger charge is 2.06.